The Morgan fingerprint density at radius 3 is 2.57 bits per heavy atom. The van der Waals surface area contributed by atoms with Crippen molar-refractivity contribution in [2.45, 2.75) is 30.6 Å². The summed E-state index contributed by atoms with van der Waals surface area (Å²) in [6.45, 7) is 4.29. The lowest BCUT2D eigenvalue weighted by molar-refractivity contribution is -0.187. The van der Waals surface area contributed by atoms with Gasteiger partial charge in [0.05, 0.1) is 36.0 Å². The highest BCUT2D eigenvalue weighted by molar-refractivity contribution is 8.00. The molecule has 3 aliphatic heterocycles. The van der Waals surface area contributed by atoms with Gasteiger partial charge in [-0.3, -0.25) is 14.5 Å². The van der Waals surface area contributed by atoms with E-state index >= 15 is 0 Å². The van der Waals surface area contributed by atoms with Crippen molar-refractivity contribution >= 4 is 29.3 Å². The molecule has 0 atom stereocenters. The van der Waals surface area contributed by atoms with Crippen LogP contribution in [0.15, 0.2) is 35.4 Å². The standard InChI is InChI=1S/C21H24N4O4S/c1-15-19-20(25(22-15)16-5-3-2-4-6-16)30-14-18(27)24(19)13-17(26)23-9-7-21(8-10-23)28-11-12-29-21/h2-6H,7-14H2,1H3. The van der Waals surface area contributed by atoms with E-state index in [0.29, 0.717) is 44.9 Å². The van der Waals surface area contributed by atoms with Crippen molar-refractivity contribution in [2.24, 2.45) is 0 Å². The topological polar surface area (TPSA) is 76.9 Å². The van der Waals surface area contributed by atoms with E-state index in [4.69, 9.17) is 9.47 Å². The number of thioether (sulfide) groups is 1. The second kappa shape index (κ2) is 7.72. The minimum absolute atomic E-state index is 0.0302. The number of fused-ring (bicyclic) bond motifs is 1. The van der Waals surface area contributed by atoms with Crippen LogP contribution in [0.1, 0.15) is 18.5 Å². The van der Waals surface area contributed by atoms with Gasteiger partial charge in [0, 0.05) is 25.9 Å². The van der Waals surface area contributed by atoms with Crippen LogP contribution in [0.2, 0.25) is 0 Å². The molecule has 2 saturated heterocycles. The normalized spacial score (nSPS) is 20.6. The van der Waals surface area contributed by atoms with Gasteiger partial charge >= 0.3 is 0 Å². The second-order valence-corrected chi connectivity index (χ2v) is 8.71. The van der Waals surface area contributed by atoms with Crippen molar-refractivity contribution in [3.8, 4) is 5.69 Å². The molecule has 0 N–H and O–H groups in total. The molecular formula is C21H24N4O4S. The molecule has 2 aromatic rings. The number of piperidine rings is 1. The van der Waals surface area contributed by atoms with Gasteiger partial charge in [0.2, 0.25) is 11.8 Å². The Kier molecular flexibility index (Phi) is 5.04. The summed E-state index contributed by atoms with van der Waals surface area (Å²) in [5.74, 6) is -0.341. The fraction of sp³-hybridized carbons (Fsp3) is 0.476. The maximum atomic E-state index is 13.0. The summed E-state index contributed by atoms with van der Waals surface area (Å²) in [7, 11) is 0. The lowest BCUT2D eigenvalue weighted by Gasteiger charge is -2.38. The van der Waals surface area contributed by atoms with Crippen LogP contribution in [-0.4, -0.2) is 70.9 Å². The zero-order chi connectivity index (χ0) is 20.7. The highest BCUT2D eigenvalue weighted by atomic mass is 32.2. The highest BCUT2D eigenvalue weighted by Crippen LogP contribution is 2.39. The fourth-order valence-electron chi connectivity index (χ4n) is 4.30. The number of carbonyl (C=O) groups excluding carboxylic acids is 2. The van der Waals surface area contributed by atoms with Crippen molar-refractivity contribution < 1.29 is 19.1 Å². The molecule has 9 heteroatoms. The molecule has 0 radical (unpaired) electrons. The van der Waals surface area contributed by atoms with Gasteiger partial charge in [-0.25, -0.2) is 4.68 Å². The molecule has 0 unspecified atom stereocenters. The largest absolute Gasteiger partial charge is 0.347 e. The number of anilines is 1. The number of amides is 2. The maximum absolute atomic E-state index is 13.0. The van der Waals surface area contributed by atoms with Gasteiger partial charge in [-0.2, -0.15) is 5.10 Å². The van der Waals surface area contributed by atoms with E-state index in [1.807, 2.05) is 46.8 Å². The average Bonchev–Trinajstić information content (AvgIpc) is 3.36. The minimum Gasteiger partial charge on any atom is -0.347 e. The summed E-state index contributed by atoms with van der Waals surface area (Å²) in [6, 6.07) is 9.84. The first kappa shape index (κ1) is 19.6. The van der Waals surface area contributed by atoms with Crippen molar-refractivity contribution in [1.82, 2.24) is 14.7 Å². The number of ether oxygens (including phenoxy) is 2. The number of carbonyl (C=O) groups is 2. The Morgan fingerprint density at radius 2 is 1.87 bits per heavy atom. The van der Waals surface area contributed by atoms with Gasteiger partial charge in [0.1, 0.15) is 11.6 Å². The van der Waals surface area contributed by atoms with E-state index in [1.165, 1.54) is 11.8 Å². The second-order valence-electron chi connectivity index (χ2n) is 7.74. The third-order valence-electron chi connectivity index (χ3n) is 5.88. The Labute approximate surface area is 179 Å². The summed E-state index contributed by atoms with van der Waals surface area (Å²) in [5, 5.41) is 5.56. The van der Waals surface area contributed by atoms with Crippen LogP contribution < -0.4 is 4.90 Å². The van der Waals surface area contributed by atoms with E-state index in [0.717, 1.165) is 22.1 Å². The van der Waals surface area contributed by atoms with E-state index in [2.05, 4.69) is 5.10 Å². The number of nitrogens with zero attached hydrogens (tertiary/aromatic N) is 4. The van der Waals surface area contributed by atoms with Crippen LogP contribution in [0.5, 0.6) is 0 Å². The number of hydrogen-bond donors (Lipinski definition) is 0. The number of aryl methyl sites for hydroxylation is 1. The molecule has 1 aromatic carbocycles. The first-order valence-corrected chi connectivity index (χ1v) is 11.2. The molecule has 30 heavy (non-hydrogen) atoms. The molecule has 5 rings (SSSR count). The quantitative estimate of drug-likeness (QED) is 0.744. The zero-order valence-electron chi connectivity index (χ0n) is 16.9. The van der Waals surface area contributed by atoms with Gasteiger partial charge in [0.15, 0.2) is 5.79 Å². The summed E-state index contributed by atoms with van der Waals surface area (Å²) < 4.78 is 13.3. The molecule has 3 aliphatic rings. The summed E-state index contributed by atoms with van der Waals surface area (Å²) in [5.41, 5.74) is 2.42. The summed E-state index contributed by atoms with van der Waals surface area (Å²) in [6.07, 6.45) is 1.33. The number of rotatable bonds is 3. The van der Waals surface area contributed by atoms with Crippen LogP contribution in [-0.2, 0) is 19.1 Å². The monoisotopic (exact) mass is 428 g/mol. The molecule has 0 aliphatic carbocycles. The predicted octanol–water partition coefficient (Wildman–Crippen LogP) is 1.98. The van der Waals surface area contributed by atoms with E-state index in [-0.39, 0.29) is 18.4 Å². The van der Waals surface area contributed by atoms with Gasteiger partial charge in [-0.1, -0.05) is 30.0 Å². The minimum atomic E-state index is -0.519. The van der Waals surface area contributed by atoms with E-state index < -0.39 is 5.79 Å². The molecule has 2 fully saturated rings. The number of benzene rings is 1. The van der Waals surface area contributed by atoms with Crippen LogP contribution in [0.3, 0.4) is 0 Å². The highest BCUT2D eigenvalue weighted by Gasteiger charge is 2.41. The average molecular weight is 429 g/mol. The van der Waals surface area contributed by atoms with Gasteiger partial charge in [-0.15, -0.1) is 0 Å². The zero-order valence-corrected chi connectivity index (χ0v) is 17.7. The molecule has 0 saturated carbocycles. The Morgan fingerprint density at radius 1 is 1.17 bits per heavy atom. The smallest absolute Gasteiger partial charge is 0.242 e. The number of para-hydroxylation sites is 1. The number of aromatic nitrogens is 2. The van der Waals surface area contributed by atoms with Crippen molar-refractivity contribution in [2.75, 3.05) is 43.5 Å². The number of hydrogen-bond acceptors (Lipinski definition) is 6. The van der Waals surface area contributed by atoms with Crippen LogP contribution in [0.4, 0.5) is 5.69 Å². The van der Waals surface area contributed by atoms with Crippen molar-refractivity contribution in [3.63, 3.8) is 0 Å². The first-order chi connectivity index (χ1) is 14.6. The molecule has 2 amide bonds. The number of likely N-dealkylation sites (tertiary alicyclic amines) is 1. The summed E-state index contributed by atoms with van der Waals surface area (Å²) in [4.78, 5) is 29.2. The Hall–Kier alpha value is -2.36. The lowest BCUT2D eigenvalue weighted by atomic mass is 10.0. The van der Waals surface area contributed by atoms with Gasteiger partial charge < -0.3 is 14.4 Å². The molecule has 1 aromatic heterocycles. The van der Waals surface area contributed by atoms with Crippen LogP contribution >= 0.6 is 11.8 Å². The SMILES string of the molecule is Cc1nn(-c2ccccc2)c2c1N(CC(=O)N1CCC3(CC1)OCCO3)C(=O)CS2. The Bertz CT molecular complexity index is 961. The van der Waals surface area contributed by atoms with E-state index in [1.54, 1.807) is 4.90 Å². The molecule has 0 bridgehead atoms. The van der Waals surface area contributed by atoms with Crippen molar-refractivity contribution in [3.05, 3.63) is 36.0 Å². The molecule has 1 spiro atoms. The third-order valence-corrected chi connectivity index (χ3v) is 6.91. The molecule has 8 nitrogen and oxygen atoms in total. The predicted molar refractivity (Wildman–Crippen MR) is 112 cm³/mol. The van der Waals surface area contributed by atoms with Crippen molar-refractivity contribution in [1.29, 1.82) is 0 Å². The fourth-order valence-corrected chi connectivity index (χ4v) is 5.38. The third kappa shape index (κ3) is 3.40. The first-order valence-electron chi connectivity index (χ1n) is 10.2. The van der Waals surface area contributed by atoms with E-state index in [9.17, 15) is 9.59 Å². The molecular weight excluding hydrogens is 404 g/mol. The summed E-state index contributed by atoms with van der Waals surface area (Å²) >= 11 is 1.47. The molecule has 158 valence electrons. The maximum Gasteiger partial charge on any atom is 0.242 e. The van der Waals surface area contributed by atoms with Crippen LogP contribution in [0.25, 0.3) is 5.69 Å². The van der Waals surface area contributed by atoms with Gasteiger partial charge in [-0.05, 0) is 19.1 Å². The van der Waals surface area contributed by atoms with Gasteiger partial charge in [0.25, 0.3) is 0 Å². The molecule has 4 heterocycles. The Balaban J connectivity index is 1.35. The van der Waals surface area contributed by atoms with Crippen LogP contribution in [0, 0.1) is 6.92 Å². The lowest BCUT2D eigenvalue weighted by Crippen LogP contribution is -2.51.